The van der Waals surface area contributed by atoms with E-state index in [0.29, 0.717) is 0 Å². The number of H-pyrrole nitrogens is 1. The fourth-order valence-electron chi connectivity index (χ4n) is 0.846. The van der Waals surface area contributed by atoms with Crippen LogP contribution in [0, 0.1) is 0 Å². The number of halogens is 2. The lowest BCUT2D eigenvalue weighted by atomic mass is 10.2. The molecule has 6 heteroatoms. The molecular weight excluding hydrogens is 182 g/mol. The zero-order valence-corrected chi connectivity index (χ0v) is 6.38. The zero-order valence-electron chi connectivity index (χ0n) is 6.38. The van der Waals surface area contributed by atoms with Gasteiger partial charge in [0.25, 0.3) is 12.0 Å². The standard InChI is InChI=1S/C7H6F2N2O2/c8-5(9)4-1-3(2-12)7(13)11-6(4)10/h1-2,5H,(H3,10,11,13). The van der Waals surface area contributed by atoms with Crippen molar-refractivity contribution in [3.63, 3.8) is 0 Å². The van der Waals surface area contributed by atoms with E-state index in [1.165, 1.54) is 0 Å². The van der Waals surface area contributed by atoms with Crippen LogP contribution < -0.4 is 11.3 Å². The average molecular weight is 188 g/mol. The van der Waals surface area contributed by atoms with E-state index in [2.05, 4.69) is 0 Å². The molecule has 0 spiro atoms. The first-order chi connectivity index (χ1) is 6.06. The third kappa shape index (κ3) is 1.71. The highest BCUT2D eigenvalue weighted by Crippen LogP contribution is 2.22. The molecule has 0 fully saturated rings. The Balaban J connectivity index is 3.39. The van der Waals surface area contributed by atoms with Gasteiger partial charge in [-0.05, 0) is 6.07 Å². The average Bonchev–Trinajstić information content (AvgIpc) is 2.03. The van der Waals surface area contributed by atoms with Crippen LogP contribution in [-0.2, 0) is 0 Å². The first-order valence-electron chi connectivity index (χ1n) is 3.32. The highest BCUT2D eigenvalue weighted by molar-refractivity contribution is 5.75. The van der Waals surface area contributed by atoms with E-state index < -0.39 is 23.4 Å². The summed E-state index contributed by atoms with van der Waals surface area (Å²) in [5, 5.41) is 0. The minimum absolute atomic E-state index is 0.199. The van der Waals surface area contributed by atoms with Gasteiger partial charge in [-0.2, -0.15) is 0 Å². The van der Waals surface area contributed by atoms with E-state index in [1.54, 1.807) is 0 Å². The Morgan fingerprint density at radius 1 is 1.54 bits per heavy atom. The molecule has 0 aliphatic heterocycles. The molecule has 0 unspecified atom stereocenters. The predicted molar refractivity (Wildman–Crippen MR) is 41.8 cm³/mol. The minimum Gasteiger partial charge on any atom is -0.385 e. The fourth-order valence-corrected chi connectivity index (χ4v) is 0.846. The molecule has 0 radical (unpaired) electrons. The Morgan fingerprint density at radius 3 is 2.62 bits per heavy atom. The van der Waals surface area contributed by atoms with Crippen LogP contribution in [0.15, 0.2) is 10.9 Å². The number of aromatic nitrogens is 1. The molecule has 1 heterocycles. The molecule has 1 aromatic heterocycles. The molecule has 1 rings (SSSR count). The maximum atomic E-state index is 12.2. The smallest absolute Gasteiger partial charge is 0.267 e. The third-order valence-electron chi connectivity index (χ3n) is 1.49. The largest absolute Gasteiger partial charge is 0.385 e. The Labute approximate surface area is 71.4 Å². The Hall–Kier alpha value is -1.72. The van der Waals surface area contributed by atoms with Crippen molar-refractivity contribution in [3.05, 3.63) is 27.5 Å². The summed E-state index contributed by atoms with van der Waals surface area (Å²) in [6, 6.07) is 0.784. The molecule has 0 aromatic carbocycles. The molecule has 1 aromatic rings. The van der Waals surface area contributed by atoms with Gasteiger partial charge in [0.2, 0.25) is 0 Å². The van der Waals surface area contributed by atoms with Crippen molar-refractivity contribution in [2.24, 2.45) is 0 Å². The highest BCUT2D eigenvalue weighted by Gasteiger charge is 2.14. The van der Waals surface area contributed by atoms with Crippen LogP contribution >= 0.6 is 0 Å². The number of pyridine rings is 1. The SMILES string of the molecule is Nc1[nH]c(=O)c(C=O)cc1C(F)F. The van der Waals surface area contributed by atoms with E-state index in [9.17, 15) is 18.4 Å². The van der Waals surface area contributed by atoms with Crippen molar-refractivity contribution in [2.75, 3.05) is 5.73 Å². The van der Waals surface area contributed by atoms with Gasteiger partial charge in [0.1, 0.15) is 5.82 Å². The number of hydrogen-bond donors (Lipinski definition) is 2. The summed E-state index contributed by atoms with van der Waals surface area (Å²) in [5.41, 5.74) is 3.43. The number of aromatic amines is 1. The number of nitrogens with two attached hydrogens (primary N) is 1. The molecule has 0 saturated heterocycles. The lowest BCUT2D eigenvalue weighted by Gasteiger charge is -2.03. The summed E-state index contributed by atoms with van der Waals surface area (Å²) in [6.45, 7) is 0. The van der Waals surface area contributed by atoms with Gasteiger partial charge in [-0.1, -0.05) is 0 Å². The quantitative estimate of drug-likeness (QED) is 0.671. The number of carbonyl (C=O) groups is 1. The second-order valence-corrected chi connectivity index (χ2v) is 2.34. The number of anilines is 1. The molecule has 4 nitrogen and oxygen atoms in total. The number of carbonyl (C=O) groups excluding carboxylic acids is 1. The molecule has 13 heavy (non-hydrogen) atoms. The fraction of sp³-hybridized carbons (Fsp3) is 0.143. The van der Waals surface area contributed by atoms with Crippen LogP contribution in [0.1, 0.15) is 22.3 Å². The van der Waals surface area contributed by atoms with Crippen LogP contribution in [0.2, 0.25) is 0 Å². The van der Waals surface area contributed by atoms with Crippen molar-refractivity contribution >= 4 is 12.1 Å². The Kier molecular flexibility index (Phi) is 2.41. The van der Waals surface area contributed by atoms with Gasteiger partial charge >= 0.3 is 0 Å². The van der Waals surface area contributed by atoms with E-state index in [0.717, 1.165) is 6.07 Å². The lowest BCUT2D eigenvalue weighted by Crippen LogP contribution is -2.16. The summed E-state index contributed by atoms with van der Waals surface area (Å²) in [5.74, 6) is -0.411. The van der Waals surface area contributed by atoms with Crippen molar-refractivity contribution in [1.82, 2.24) is 4.98 Å². The van der Waals surface area contributed by atoms with E-state index in [-0.39, 0.29) is 11.8 Å². The molecule has 0 amide bonds. The first kappa shape index (κ1) is 9.37. The molecule has 0 saturated carbocycles. The maximum absolute atomic E-state index is 12.2. The zero-order chi connectivity index (χ0) is 10.0. The van der Waals surface area contributed by atoms with Crippen LogP contribution in [0.3, 0.4) is 0 Å². The van der Waals surface area contributed by atoms with Gasteiger partial charge in [0.05, 0.1) is 11.1 Å². The second-order valence-electron chi connectivity index (χ2n) is 2.34. The lowest BCUT2D eigenvalue weighted by molar-refractivity contribution is 0.112. The van der Waals surface area contributed by atoms with Crippen LogP contribution in [0.25, 0.3) is 0 Å². The topological polar surface area (TPSA) is 76.0 Å². The van der Waals surface area contributed by atoms with Crippen LogP contribution in [0.5, 0.6) is 0 Å². The molecule has 3 N–H and O–H groups in total. The Bertz CT molecular complexity index is 387. The van der Waals surface area contributed by atoms with Gasteiger partial charge in [-0.15, -0.1) is 0 Å². The van der Waals surface area contributed by atoms with Crippen LogP contribution in [0.4, 0.5) is 14.6 Å². The Morgan fingerprint density at radius 2 is 2.15 bits per heavy atom. The van der Waals surface area contributed by atoms with Crippen molar-refractivity contribution in [1.29, 1.82) is 0 Å². The molecular formula is C7H6F2N2O2. The van der Waals surface area contributed by atoms with Crippen molar-refractivity contribution < 1.29 is 13.6 Å². The van der Waals surface area contributed by atoms with Gasteiger partial charge in [-0.25, -0.2) is 8.78 Å². The number of hydrogen-bond acceptors (Lipinski definition) is 3. The summed E-state index contributed by atoms with van der Waals surface area (Å²) in [7, 11) is 0. The summed E-state index contributed by atoms with van der Waals surface area (Å²) in [4.78, 5) is 23.0. The van der Waals surface area contributed by atoms with Crippen molar-refractivity contribution in [2.45, 2.75) is 6.43 Å². The first-order valence-corrected chi connectivity index (χ1v) is 3.32. The molecule has 70 valence electrons. The van der Waals surface area contributed by atoms with Gasteiger partial charge in [0.15, 0.2) is 6.29 Å². The second kappa shape index (κ2) is 3.34. The summed E-state index contributed by atoms with van der Waals surface area (Å²) in [6.07, 6.45) is -2.61. The van der Waals surface area contributed by atoms with Crippen LogP contribution in [-0.4, -0.2) is 11.3 Å². The number of aldehydes is 1. The summed E-state index contributed by atoms with van der Waals surface area (Å²) < 4.78 is 24.3. The summed E-state index contributed by atoms with van der Waals surface area (Å²) >= 11 is 0. The minimum atomic E-state index is -2.81. The molecule has 0 aliphatic carbocycles. The van der Waals surface area contributed by atoms with Gasteiger partial charge in [0, 0.05) is 0 Å². The van der Waals surface area contributed by atoms with Crippen molar-refractivity contribution in [3.8, 4) is 0 Å². The van der Waals surface area contributed by atoms with Gasteiger partial charge in [-0.3, -0.25) is 9.59 Å². The van der Waals surface area contributed by atoms with E-state index in [1.807, 2.05) is 4.98 Å². The molecule has 0 aliphatic rings. The number of nitrogen functional groups attached to an aromatic ring is 1. The normalized spacial score (nSPS) is 10.4. The monoisotopic (exact) mass is 188 g/mol. The van der Waals surface area contributed by atoms with E-state index in [4.69, 9.17) is 5.73 Å². The van der Waals surface area contributed by atoms with E-state index >= 15 is 0 Å². The maximum Gasteiger partial charge on any atom is 0.267 e. The predicted octanol–water partition coefficient (Wildman–Crippen LogP) is 0.707. The molecule has 0 atom stereocenters. The number of rotatable bonds is 2. The number of nitrogens with one attached hydrogen (secondary N) is 1. The molecule has 0 bridgehead atoms. The third-order valence-corrected chi connectivity index (χ3v) is 1.49. The van der Waals surface area contributed by atoms with Gasteiger partial charge < -0.3 is 10.7 Å². The number of alkyl halides is 2. The highest BCUT2D eigenvalue weighted by atomic mass is 19.3.